The number of carbonyl (C=O) groups excluding carboxylic acids is 1. The summed E-state index contributed by atoms with van der Waals surface area (Å²) in [5.41, 5.74) is 3.10. The molecule has 1 amide bonds. The zero-order valence-corrected chi connectivity index (χ0v) is 20.7. The highest BCUT2D eigenvalue weighted by molar-refractivity contribution is 7.92. The number of carbonyl (C=O) groups is 1. The molecule has 0 unspecified atom stereocenters. The second-order valence-corrected chi connectivity index (χ2v) is 12.1. The summed E-state index contributed by atoms with van der Waals surface area (Å²) in [6.45, 7) is 2.63. The smallest absolute Gasteiger partial charge is 0.253 e. The molecule has 0 bridgehead atoms. The van der Waals surface area contributed by atoms with Crippen LogP contribution in [-0.2, 0) is 20.0 Å². The third-order valence-corrected chi connectivity index (χ3v) is 7.78. The van der Waals surface area contributed by atoms with Crippen molar-refractivity contribution in [2.75, 3.05) is 36.4 Å². The molecule has 3 rings (SSSR count). The van der Waals surface area contributed by atoms with Gasteiger partial charge in [0.2, 0.25) is 20.0 Å². The SMILES string of the molecule is Cc1ccc(C(=O)N2CCC(c3ccc(C#N)cc3)CC2)cc1NS(=O)(=O)CCNS(C)(=O)=O. The number of nitriles is 1. The largest absolute Gasteiger partial charge is 0.339 e. The monoisotopic (exact) mass is 504 g/mol. The topological polar surface area (TPSA) is 136 Å². The first-order valence-corrected chi connectivity index (χ1v) is 14.4. The fourth-order valence-electron chi connectivity index (χ4n) is 3.87. The number of aryl methyl sites for hydroxylation is 1. The van der Waals surface area contributed by atoms with Crippen LogP contribution in [0.2, 0.25) is 0 Å². The molecule has 0 aromatic heterocycles. The molecule has 0 radical (unpaired) electrons. The van der Waals surface area contributed by atoms with Crippen molar-refractivity contribution in [3.05, 3.63) is 64.7 Å². The zero-order chi connectivity index (χ0) is 24.9. The van der Waals surface area contributed by atoms with Crippen LogP contribution in [0.15, 0.2) is 42.5 Å². The van der Waals surface area contributed by atoms with E-state index in [1.165, 1.54) is 6.07 Å². The normalized spacial score (nSPS) is 15.0. The number of amides is 1. The number of hydrogen-bond donors (Lipinski definition) is 2. The first kappa shape index (κ1) is 25.7. The minimum absolute atomic E-state index is 0.169. The average molecular weight is 505 g/mol. The second-order valence-electron chi connectivity index (χ2n) is 8.42. The van der Waals surface area contributed by atoms with Crippen LogP contribution in [0.25, 0.3) is 0 Å². The van der Waals surface area contributed by atoms with Gasteiger partial charge in [0.05, 0.1) is 29.3 Å². The third-order valence-electron chi connectivity index (χ3n) is 5.78. The van der Waals surface area contributed by atoms with Gasteiger partial charge in [0.15, 0.2) is 0 Å². The van der Waals surface area contributed by atoms with Gasteiger partial charge in [-0.15, -0.1) is 0 Å². The molecule has 2 N–H and O–H groups in total. The fourth-order valence-corrected chi connectivity index (χ4v) is 5.50. The first-order chi connectivity index (χ1) is 16.0. The van der Waals surface area contributed by atoms with E-state index >= 15 is 0 Å². The molecular formula is C23H28N4O5S2. The Balaban J connectivity index is 1.63. The van der Waals surface area contributed by atoms with Crippen molar-refractivity contribution in [3.8, 4) is 6.07 Å². The minimum Gasteiger partial charge on any atom is -0.339 e. The van der Waals surface area contributed by atoms with Gasteiger partial charge < -0.3 is 4.90 Å². The Labute approximate surface area is 200 Å². The van der Waals surface area contributed by atoms with Crippen molar-refractivity contribution in [3.63, 3.8) is 0 Å². The highest BCUT2D eigenvalue weighted by atomic mass is 32.2. The fraction of sp³-hybridized carbons (Fsp3) is 0.391. The number of rotatable bonds is 8. The van der Waals surface area contributed by atoms with Crippen molar-refractivity contribution in [2.45, 2.75) is 25.7 Å². The van der Waals surface area contributed by atoms with Gasteiger partial charge in [-0.3, -0.25) is 9.52 Å². The van der Waals surface area contributed by atoms with Gasteiger partial charge in [0.1, 0.15) is 0 Å². The molecular weight excluding hydrogens is 476 g/mol. The summed E-state index contributed by atoms with van der Waals surface area (Å²) in [6.07, 6.45) is 2.56. The number of likely N-dealkylation sites (tertiary alicyclic amines) is 1. The number of anilines is 1. The Morgan fingerprint density at radius 3 is 2.32 bits per heavy atom. The van der Waals surface area contributed by atoms with E-state index < -0.39 is 25.8 Å². The Bertz CT molecular complexity index is 1290. The van der Waals surface area contributed by atoms with Gasteiger partial charge in [-0.1, -0.05) is 18.2 Å². The van der Waals surface area contributed by atoms with Crippen LogP contribution in [0, 0.1) is 18.3 Å². The number of piperidine rings is 1. The Kier molecular flexibility index (Phi) is 7.97. The van der Waals surface area contributed by atoms with E-state index in [0.717, 1.165) is 24.7 Å². The molecule has 34 heavy (non-hydrogen) atoms. The molecule has 182 valence electrons. The molecule has 0 spiro atoms. The maximum Gasteiger partial charge on any atom is 0.253 e. The summed E-state index contributed by atoms with van der Waals surface area (Å²) in [7, 11) is -7.30. The van der Waals surface area contributed by atoms with Crippen molar-refractivity contribution < 1.29 is 21.6 Å². The molecule has 1 fully saturated rings. The Morgan fingerprint density at radius 1 is 1.09 bits per heavy atom. The van der Waals surface area contributed by atoms with Gasteiger partial charge in [-0.05, 0) is 61.1 Å². The lowest BCUT2D eigenvalue weighted by Crippen LogP contribution is -2.38. The zero-order valence-electron chi connectivity index (χ0n) is 19.1. The van der Waals surface area contributed by atoms with E-state index in [4.69, 9.17) is 5.26 Å². The van der Waals surface area contributed by atoms with Crippen LogP contribution in [-0.4, -0.2) is 59.3 Å². The minimum atomic E-state index is -3.81. The van der Waals surface area contributed by atoms with Gasteiger partial charge in [-0.25, -0.2) is 21.6 Å². The number of nitrogens with zero attached hydrogens (tertiary/aromatic N) is 2. The van der Waals surface area contributed by atoms with E-state index in [9.17, 15) is 21.6 Å². The molecule has 1 aliphatic rings. The quantitative estimate of drug-likeness (QED) is 0.565. The van der Waals surface area contributed by atoms with E-state index in [-0.39, 0.29) is 18.1 Å². The third kappa shape index (κ3) is 7.03. The molecule has 11 heteroatoms. The lowest BCUT2D eigenvalue weighted by atomic mass is 9.89. The predicted molar refractivity (Wildman–Crippen MR) is 130 cm³/mol. The van der Waals surface area contributed by atoms with Crippen LogP contribution in [0.4, 0.5) is 5.69 Å². The molecule has 0 aliphatic carbocycles. The maximum atomic E-state index is 13.1. The summed E-state index contributed by atoms with van der Waals surface area (Å²) < 4.78 is 51.6. The summed E-state index contributed by atoms with van der Waals surface area (Å²) in [4.78, 5) is 14.8. The molecule has 1 saturated heterocycles. The molecule has 0 atom stereocenters. The molecule has 9 nitrogen and oxygen atoms in total. The Hall–Kier alpha value is -2.94. The lowest BCUT2D eigenvalue weighted by Gasteiger charge is -2.32. The van der Waals surface area contributed by atoms with Crippen molar-refractivity contribution in [1.29, 1.82) is 5.26 Å². The summed E-state index contributed by atoms with van der Waals surface area (Å²) in [6, 6.07) is 14.5. The van der Waals surface area contributed by atoms with Crippen LogP contribution in [0.3, 0.4) is 0 Å². The molecule has 1 aliphatic heterocycles. The summed E-state index contributed by atoms with van der Waals surface area (Å²) in [5, 5.41) is 8.95. The van der Waals surface area contributed by atoms with E-state index in [0.29, 0.717) is 35.7 Å². The highest BCUT2D eigenvalue weighted by Gasteiger charge is 2.25. The number of benzene rings is 2. The first-order valence-electron chi connectivity index (χ1n) is 10.8. The van der Waals surface area contributed by atoms with Gasteiger partial charge in [0.25, 0.3) is 5.91 Å². The molecule has 1 heterocycles. The van der Waals surface area contributed by atoms with Crippen LogP contribution < -0.4 is 9.44 Å². The lowest BCUT2D eigenvalue weighted by molar-refractivity contribution is 0.0713. The van der Waals surface area contributed by atoms with E-state index in [1.54, 1.807) is 36.1 Å². The summed E-state index contributed by atoms with van der Waals surface area (Å²) in [5.74, 6) is -0.282. The molecule has 2 aromatic carbocycles. The molecule has 0 saturated carbocycles. The van der Waals surface area contributed by atoms with Gasteiger partial charge >= 0.3 is 0 Å². The summed E-state index contributed by atoms with van der Waals surface area (Å²) >= 11 is 0. The van der Waals surface area contributed by atoms with E-state index in [2.05, 4.69) is 15.5 Å². The predicted octanol–water partition coefficient (Wildman–Crippen LogP) is 2.18. The second kappa shape index (κ2) is 10.5. The van der Waals surface area contributed by atoms with E-state index in [1.807, 2.05) is 12.1 Å². The highest BCUT2D eigenvalue weighted by Crippen LogP contribution is 2.29. The van der Waals surface area contributed by atoms with Crippen molar-refractivity contribution >= 4 is 31.6 Å². The van der Waals surface area contributed by atoms with Crippen LogP contribution >= 0.6 is 0 Å². The average Bonchev–Trinajstić information content (AvgIpc) is 2.79. The maximum absolute atomic E-state index is 13.1. The van der Waals surface area contributed by atoms with Crippen LogP contribution in [0.1, 0.15) is 45.8 Å². The van der Waals surface area contributed by atoms with Gasteiger partial charge in [-0.2, -0.15) is 5.26 Å². The van der Waals surface area contributed by atoms with Crippen LogP contribution in [0.5, 0.6) is 0 Å². The van der Waals surface area contributed by atoms with Gasteiger partial charge in [0, 0.05) is 25.2 Å². The number of sulfonamides is 2. The Morgan fingerprint density at radius 2 is 1.74 bits per heavy atom. The number of nitrogens with one attached hydrogen (secondary N) is 2. The standard InChI is InChI=1S/C23H28N4O5S2/c1-17-3-6-21(15-22(17)26-34(31,32)14-11-25-33(2,29)30)23(28)27-12-9-20(10-13-27)19-7-4-18(16-24)5-8-19/h3-8,15,20,25-26H,9-14H2,1-2H3. The van der Waals surface area contributed by atoms with Crippen molar-refractivity contribution in [1.82, 2.24) is 9.62 Å². The van der Waals surface area contributed by atoms with Crippen molar-refractivity contribution in [2.24, 2.45) is 0 Å². The number of hydrogen-bond acceptors (Lipinski definition) is 6. The molecule has 2 aromatic rings.